The summed E-state index contributed by atoms with van der Waals surface area (Å²) in [5.74, 6) is 0.853. The zero-order valence-electron chi connectivity index (χ0n) is 19.8. The van der Waals surface area contributed by atoms with Gasteiger partial charge in [0.15, 0.2) is 0 Å². The lowest BCUT2D eigenvalue weighted by atomic mass is 9.86. The van der Waals surface area contributed by atoms with Gasteiger partial charge < -0.3 is 4.90 Å². The Morgan fingerprint density at radius 1 is 0.750 bits per heavy atom. The Kier molecular flexibility index (Phi) is 6.22. The van der Waals surface area contributed by atoms with Crippen molar-refractivity contribution in [2.24, 2.45) is 0 Å². The van der Waals surface area contributed by atoms with Crippen molar-refractivity contribution in [3.63, 3.8) is 0 Å². The van der Waals surface area contributed by atoms with E-state index in [2.05, 4.69) is 81.6 Å². The summed E-state index contributed by atoms with van der Waals surface area (Å²) >= 11 is 6.14. The molecule has 3 aromatic carbocycles. The van der Waals surface area contributed by atoms with Crippen LogP contribution in [0.3, 0.4) is 0 Å². The molecule has 0 saturated carbocycles. The Morgan fingerprint density at radius 3 is 2.17 bits per heavy atom. The summed E-state index contributed by atoms with van der Waals surface area (Å²) in [6.45, 7) is 0.877. The molecule has 2 atom stereocenters. The molecule has 0 bridgehead atoms. The minimum absolute atomic E-state index is 0.266. The van der Waals surface area contributed by atoms with Gasteiger partial charge in [-0.2, -0.15) is 5.10 Å². The van der Waals surface area contributed by atoms with Crippen molar-refractivity contribution in [3.8, 4) is 17.2 Å². The number of halogens is 1. The highest BCUT2D eigenvalue weighted by molar-refractivity contribution is 6.30. The number of hydrogen-bond donors (Lipinski definition) is 0. The van der Waals surface area contributed by atoms with E-state index in [-0.39, 0.29) is 5.92 Å². The Morgan fingerprint density at radius 2 is 1.44 bits per heavy atom. The van der Waals surface area contributed by atoms with Crippen LogP contribution in [0, 0.1) is 0 Å². The van der Waals surface area contributed by atoms with Gasteiger partial charge in [-0.05, 0) is 54.8 Å². The molecule has 1 aliphatic heterocycles. The zero-order chi connectivity index (χ0) is 24.3. The topological polar surface area (TPSA) is 46.8 Å². The van der Waals surface area contributed by atoms with Crippen molar-refractivity contribution < 1.29 is 0 Å². The van der Waals surface area contributed by atoms with E-state index in [1.54, 1.807) is 12.4 Å². The Bertz CT molecular complexity index is 1420. The lowest BCUT2D eigenvalue weighted by Crippen LogP contribution is -2.38. The first-order valence-electron chi connectivity index (χ1n) is 12.3. The normalized spacial score (nSPS) is 17.8. The van der Waals surface area contributed by atoms with Crippen LogP contribution in [0.1, 0.15) is 36.1 Å². The first-order valence-corrected chi connectivity index (χ1v) is 12.6. The molecule has 0 aliphatic carbocycles. The predicted octanol–water partition coefficient (Wildman–Crippen LogP) is 7.11. The van der Waals surface area contributed by atoms with Gasteiger partial charge in [0.1, 0.15) is 0 Å². The van der Waals surface area contributed by atoms with Gasteiger partial charge in [0.05, 0.1) is 17.4 Å². The number of para-hydroxylation sites is 1. The molecule has 0 spiro atoms. The highest BCUT2D eigenvalue weighted by Gasteiger charge is 2.33. The van der Waals surface area contributed by atoms with E-state index in [4.69, 9.17) is 16.7 Å². The first kappa shape index (κ1) is 22.5. The number of piperidine rings is 1. The van der Waals surface area contributed by atoms with E-state index in [0.717, 1.165) is 36.3 Å². The molecule has 5 aromatic rings. The fourth-order valence-electron chi connectivity index (χ4n) is 5.15. The van der Waals surface area contributed by atoms with Gasteiger partial charge in [-0.3, -0.25) is 0 Å². The molecule has 0 N–H and O–H groups in total. The first-order chi connectivity index (χ1) is 17.8. The third-order valence-electron chi connectivity index (χ3n) is 6.89. The number of aromatic nitrogens is 4. The van der Waals surface area contributed by atoms with E-state index in [1.807, 2.05) is 35.0 Å². The second kappa shape index (κ2) is 9.96. The molecule has 3 heterocycles. The summed E-state index contributed by atoms with van der Waals surface area (Å²) in [7, 11) is 0. The lowest BCUT2D eigenvalue weighted by molar-refractivity contribution is 0.417. The van der Waals surface area contributed by atoms with Crippen LogP contribution in [-0.4, -0.2) is 26.3 Å². The molecule has 6 rings (SSSR count). The van der Waals surface area contributed by atoms with Gasteiger partial charge in [-0.25, -0.2) is 14.6 Å². The van der Waals surface area contributed by atoms with Crippen molar-refractivity contribution in [3.05, 3.63) is 126 Å². The van der Waals surface area contributed by atoms with Gasteiger partial charge in [-0.1, -0.05) is 72.3 Å². The third kappa shape index (κ3) is 4.50. The molecule has 1 saturated heterocycles. The van der Waals surface area contributed by atoms with Gasteiger partial charge in [0.25, 0.3) is 5.95 Å². The SMILES string of the molecule is Clc1ccc(-c2cc([C@@H]3CC[C@@H](c4ccccc4)N(c4ccccc4)C3)n(-c3ncccn3)n2)cc1. The minimum atomic E-state index is 0.266. The summed E-state index contributed by atoms with van der Waals surface area (Å²) in [4.78, 5) is 11.6. The lowest BCUT2D eigenvalue weighted by Gasteiger charge is -2.41. The van der Waals surface area contributed by atoms with Crippen LogP contribution in [0.25, 0.3) is 17.2 Å². The monoisotopic (exact) mass is 491 g/mol. The van der Waals surface area contributed by atoms with Gasteiger partial charge in [-0.15, -0.1) is 0 Å². The number of rotatable bonds is 5. The van der Waals surface area contributed by atoms with E-state index in [9.17, 15) is 0 Å². The van der Waals surface area contributed by atoms with Crippen LogP contribution in [-0.2, 0) is 0 Å². The van der Waals surface area contributed by atoms with Gasteiger partial charge in [0, 0.05) is 41.1 Å². The second-order valence-corrected chi connectivity index (χ2v) is 9.55. The Balaban J connectivity index is 1.41. The molecule has 0 amide bonds. The standard InChI is InChI=1S/C30H26ClN5/c31-25-15-12-22(13-16-25)27-20-29(36(34-27)30-32-18-7-19-33-30)24-14-17-28(23-8-3-1-4-9-23)35(21-24)26-10-5-2-6-11-26/h1-13,15-16,18-20,24,28H,14,17,21H2/t24-,28+/m1/s1. The maximum Gasteiger partial charge on any atom is 0.250 e. The van der Waals surface area contributed by atoms with Crippen molar-refractivity contribution in [1.29, 1.82) is 0 Å². The van der Waals surface area contributed by atoms with Crippen LogP contribution < -0.4 is 4.90 Å². The maximum atomic E-state index is 6.14. The van der Waals surface area contributed by atoms with E-state index >= 15 is 0 Å². The summed E-state index contributed by atoms with van der Waals surface area (Å²) in [5.41, 5.74) is 5.62. The number of hydrogen-bond acceptors (Lipinski definition) is 4. The molecule has 6 heteroatoms. The maximum absolute atomic E-state index is 6.14. The molecule has 0 unspecified atom stereocenters. The molecule has 178 valence electrons. The van der Waals surface area contributed by atoms with Crippen LogP contribution in [0.4, 0.5) is 5.69 Å². The molecular formula is C30H26ClN5. The van der Waals surface area contributed by atoms with Crippen LogP contribution in [0.15, 0.2) is 109 Å². The Hall–Kier alpha value is -3.96. The number of benzene rings is 3. The smallest absolute Gasteiger partial charge is 0.250 e. The summed E-state index contributed by atoms with van der Waals surface area (Å²) < 4.78 is 1.92. The van der Waals surface area contributed by atoms with Crippen molar-refractivity contribution in [2.45, 2.75) is 24.8 Å². The molecule has 0 radical (unpaired) electrons. The van der Waals surface area contributed by atoms with E-state index < -0.39 is 0 Å². The average molecular weight is 492 g/mol. The third-order valence-corrected chi connectivity index (χ3v) is 7.14. The quantitative estimate of drug-likeness (QED) is 0.263. The summed E-state index contributed by atoms with van der Waals surface area (Å²) in [6, 6.07) is 33.7. The van der Waals surface area contributed by atoms with Crippen LogP contribution >= 0.6 is 11.6 Å². The average Bonchev–Trinajstić information content (AvgIpc) is 3.40. The summed E-state index contributed by atoms with van der Waals surface area (Å²) in [6.07, 6.45) is 5.61. The highest BCUT2D eigenvalue weighted by atomic mass is 35.5. The van der Waals surface area contributed by atoms with Crippen molar-refractivity contribution in [1.82, 2.24) is 19.7 Å². The number of nitrogens with zero attached hydrogens (tertiary/aromatic N) is 5. The highest BCUT2D eigenvalue weighted by Crippen LogP contribution is 2.41. The predicted molar refractivity (Wildman–Crippen MR) is 145 cm³/mol. The van der Waals surface area contributed by atoms with Crippen LogP contribution in [0.5, 0.6) is 0 Å². The van der Waals surface area contributed by atoms with Crippen molar-refractivity contribution in [2.75, 3.05) is 11.4 Å². The minimum Gasteiger partial charge on any atom is -0.364 e. The fraction of sp³-hybridized carbons (Fsp3) is 0.167. The summed E-state index contributed by atoms with van der Waals surface area (Å²) in [5, 5.41) is 5.67. The van der Waals surface area contributed by atoms with E-state index in [1.165, 1.54) is 11.3 Å². The fourth-order valence-corrected chi connectivity index (χ4v) is 5.27. The Labute approximate surface area is 216 Å². The molecule has 5 nitrogen and oxygen atoms in total. The molecular weight excluding hydrogens is 466 g/mol. The number of anilines is 1. The van der Waals surface area contributed by atoms with E-state index in [0.29, 0.717) is 17.0 Å². The molecule has 1 aliphatic rings. The van der Waals surface area contributed by atoms with Crippen molar-refractivity contribution >= 4 is 17.3 Å². The van der Waals surface area contributed by atoms with Gasteiger partial charge in [0.2, 0.25) is 0 Å². The van der Waals surface area contributed by atoms with Crippen LogP contribution in [0.2, 0.25) is 5.02 Å². The largest absolute Gasteiger partial charge is 0.364 e. The zero-order valence-corrected chi connectivity index (χ0v) is 20.5. The molecule has 1 fully saturated rings. The molecule has 2 aromatic heterocycles. The second-order valence-electron chi connectivity index (χ2n) is 9.11. The molecule has 36 heavy (non-hydrogen) atoms. The van der Waals surface area contributed by atoms with Gasteiger partial charge >= 0.3 is 0 Å².